The van der Waals surface area contributed by atoms with E-state index in [4.69, 9.17) is 35.0 Å². The van der Waals surface area contributed by atoms with Gasteiger partial charge in [-0.3, -0.25) is 16.8 Å². The fraction of sp³-hybridized carbons (Fsp3) is 0. The van der Waals surface area contributed by atoms with Crippen LogP contribution in [0.1, 0.15) is 0 Å². The Labute approximate surface area is 184 Å². The van der Waals surface area contributed by atoms with Crippen molar-refractivity contribution in [1.29, 1.82) is 0 Å². The Morgan fingerprint density at radius 1 is 0.615 bits per heavy atom. The Morgan fingerprint density at radius 3 is 0.615 bits per heavy atom. The van der Waals surface area contributed by atoms with Gasteiger partial charge >= 0.3 is 133 Å². The summed E-state index contributed by atoms with van der Waals surface area (Å²) in [7, 11) is -10.3. The third-order valence-corrected chi connectivity index (χ3v) is 0. The smallest absolute Gasteiger partial charge is 0.759 e. The molecule has 70 valence electrons. The average Bonchev–Trinajstić information content (AvgIpc) is 1.12. The van der Waals surface area contributed by atoms with E-state index in [1.807, 2.05) is 0 Å². The van der Waals surface area contributed by atoms with Crippen LogP contribution in [0.5, 0.6) is 0 Å². The van der Waals surface area contributed by atoms with E-state index in [0.717, 1.165) is 0 Å². The zero-order chi connectivity index (χ0) is 9.00. The maximum Gasteiger partial charge on any atom is 2.00 e. The molecule has 0 atom stereocenters. The minimum absolute atomic E-state index is 0. The van der Waals surface area contributed by atoms with Crippen molar-refractivity contribution in [2.24, 2.45) is 0 Å². The van der Waals surface area contributed by atoms with E-state index in [1.54, 1.807) is 0 Å². The zero-order valence-corrected chi connectivity index (χ0v) is 19.0. The number of hydrogen-bond donors (Lipinski definition) is 0. The average molecular weight is 419 g/mol. The first-order chi connectivity index (χ1) is 4.00. The Balaban J connectivity index is -0.0000000267. The topological polar surface area (TPSA) is 161 Å². The summed E-state index contributed by atoms with van der Waals surface area (Å²) in [6.07, 6.45) is 0. The molecule has 13 heteroatoms. The number of hydrogen-bond acceptors (Lipinski definition) is 8. The second-order valence-electron chi connectivity index (χ2n) is 0.816. The van der Waals surface area contributed by atoms with Crippen LogP contribution in [0.3, 0.4) is 0 Å². The van der Waals surface area contributed by atoms with Crippen molar-refractivity contribution >= 4 is 20.8 Å². The molecule has 0 N–H and O–H groups in total. The minimum Gasteiger partial charge on any atom is -0.759 e. The van der Waals surface area contributed by atoms with Gasteiger partial charge in [-0.2, -0.15) is 0 Å². The van der Waals surface area contributed by atoms with E-state index in [-0.39, 0.29) is 133 Å². The first-order valence-corrected chi connectivity index (χ1v) is 4.00. The summed E-state index contributed by atoms with van der Waals surface area (Å²) in [5.74, 6) is 0. The molecule has 0 aromatic rings. The van der Waals surface area contributed by atoms with Gasteiger partial charge in [0.05, 0.1) is 0 Å². The van der Waals surface area contributed by atoms with Gasteiger partial charge in [0, 0.05) is 20.8 Å². The predicted molar refractivity (Wildman–Crippen MR) is 20.9 cm³/mol. The van der Waals surface area contributed by atoms with Crippen LogP contribution in [-0.2, 0) is 37.9 Å². The third-order valence-electron chi connectivity index (χ3n) is 0. The minimum atomic E-state index is -5.17. The van der Waals surface area contributed by atoms with Gasteiger partial charge in [-0.25, -0.2) is 0 Å². The van der Waals surface area contributed by atoms with E-state index >= 15 is 0 Å². The second-order valence-corrected chi connectivity index (χ2v) is 2.45. The summed E-state index contributed by atoms with van der Waals surface area (Å²) in [6.45, 7) is 0. The van der Waals surface area contributed by atoms with Gasteiger partial charge in [-0.05, 0) is 0 Å². The molecule has 8 nitrogen and oxygen atoms in total. The Bertz CT molecular complexity index is 217. The Morgan fingerprint density at radius 2 is 0.615 bits per heavy atom. The van der Waals surface area contributed by atoms with Gasteiger partial charge in [0.15, 0.2) is 0 Å². The van der Waals surface area contributed by atoms with Crippen molar-refractivity contribution in [2.75, 3.05) is 0 Å². The molecule has 0 heterocycles. The molecule has 0 aliphatic carbocycles. The van der Waals surface area contributed by atoms with Crippen molar-refractivity contribution in [1.82, 2.24) is 0 Å². The van der Waals surface area contributed by atoms with E-state index in [9.17, 15) is 0 Å². The summed E-state index contributed by atoms with van der Waals surface area (Å²) in [6, 6.07) is 0. The molecule has 0 bridgehead atoms. The van der Waals surface area contributed by atoms with Crippen LogP contribution in [0.4, 0.5) is 0 Å². The summed E-state index contributed by atoms with van der Waals surface area (Å²) in [5, 5.41) is 0. The second kappa shape index (κ2) is 13.9. The van der Waals surface area contributed by atoms with Gasteiger partial charge in [-0.1, -0.05) is 0 Å². The van der Waals surface area contributed by atoms with Crippen LogP contribution >= 0.6 is 0 Å². The van der Waals surface area contributed by atoms with Crippen LogP contribution in [-0.4, -0.2) is 35.0 Å². The van der Waals surface area contributed by atoms with Gasteiger partial charge in [0.1, 0.15) is 0 Å². The van der Waals surface area contributed by atoms with Crippen LogP contribution in [0.2, 0.25) is 0 Å². The van der Waals surface area contributed by atoms with Gasteiger partial charge < -0.3 is 18.2 Å². The molecule has 0 radical (unpaired) electrons. The van der Waals surface area contributed by atoms with E-state index in [0.29, 0.717) is 0 Å². The monoisotopic (exact) mass is 418 g/mol. The molecule has 0 aliphatic rings. The van der Waals surface area contributed by atoms with Crippen LogP contribution in [0, 0.1) is 0 Å². The van der Waals surface area contributed by atoms with Gasteiger partial charge in [0.25, 0.3) is 0 Å². The molecule has 0 aliphatic heterocycles. The van der Waals surface area contributed by atoms with Crippen molar-refractivity contribution in [3.05, 3.63) is 0 Å². The molecule has 13 heavy (non-hydrogen) atoms. The zero-order valence-electron chi connectivity index (χ0n) is 6.44. The standard InChI is InChI=1S/Fe.2H2O4S.2Rb/c;2*1-5(2,3)4;;/h;2*(H2,1,2,3,4);;/q+2;;;2*+1/p-4. The maximum atomic E-state index is 8.52. The summed E-state index contributed by atoms with van der Waals surface area (Å²) < 4.78 is 68.2. The first kappa shape index (κ1) is 30.2. The SMILES string of the molecule is O=S(=O)([O-])[O-].O=S(=O)([O-])[O-].[Fe+2].[Rb+].[Rb+]. The fourth-order valence-electron chi connectivity index (χ4n) is 0. The fourth-order valence-corrected chi connectivity index (χ4v) is 0. The van der Waals surface area contributed by atoms with Crippen molar-refractivity contribution in [3.63, 3.8) is 0 Å². The molecule has 0 saturated carbocycles. The molecule has 0 fully saturated rings. The van der Waals surface area contributed by atoms with Crippen LogP contribution in [0.25, 0.3) is 0 Å². The number of rotatable bonds is 0. The summed E-state index contributed by atoms with van der Waals surface area (Å²) in [4.78, 5) is 0. The molecule has 0 unspecified atom stereocenters. The van der Waals surface area contributed by atoms with Gasteiger partial charge in [-0.15, -0.1) is 0 Å². The quantitative estimate of drug-likeness (QED) is 0.213. The van der Waals surface area contributed by atoms with E-state index in [2.05, 4.69) is 0 Å². The molecule has 0 saturated heterocycles. The summed E-state index contributed by atoms with van der Waals surface area (Å²) >= 11 is 0. The van der Waals surface area contributed by atoms with Crippen molar-refractivity contribution in [3.8, 4) is 0 Å². The predicted octanol–water partition coefficient (Wildman–Crippen LogP) is -8.67. The summed E-state index contributed by atoms with van der Waals surface area (Å²) in [5.41, 5.74) is 0. The van der Waals surface area contributed by atoms with E-state index in [1.165, 1.54) is 0 Å². The van der Waals surface area contributed by atoms with Gasteiger partial charge in [0.2, 0.25) is 0 Å². The molecule has 0 aromatic carbocycles. The Hall–Kier alpha value is 3.87. The molecule has 0 rings (SSSR count). The van der Waals surface area contributed by atoms with Crippen LogP contribution in [0.15, 0.2) is 0 Å². The molecular weight excluding hydrogens is 419 g/mol. The third kappa shape index (κ3) is 204. The van der Waals surface area contributed by atoms with Crippen molar-refractivity contribution in [2.45, 2.75) is 0 Å². The maximum absolute atomic E-state index is 8.52. The molecule has 0 aromatic heterocycles. The normalized spacial score (nSPS) is 8.92. The van der Waals surface area contributed by atoms with Crippen molar-refractivity contribution < 1.29 is 168 Å². The molecule has 0 spiro atoms. The van der Waals surface area contributed by atoms with E-state index < -0.39 is 20.8 Å². The first-order valence-electron chi connectivity index (χ1n) is 1.33. The largest absolute Gasteiger partial charge is 2.00 e. The van der Waals surface area contributed by atoms with Crippen LogP contribution < -0.4 is 116 Å². The molecular formula is FeO8Rb2S2. The Kier molecular flexibility index (Phi) is 32.3. The molecule has 0 amide bonds.